The highest BCUT2D eigenvalue weighted by Crippen LogP contribution is 2.18. The van der Waals surface area contributed by atoms with Crippen molar-refractivity contribution >= 4 is 29.2 Å². The molecule has 3 rings (SSSR count). The Hall–Kier alpha value is -3.96. The predicted molar refractivity (Wildman–Crippen MR) is 96.9 cm³/mol. The number of carboxylic acid groups (broad SMARTS) is 1. The number of carbonyl (C=O) groups is 3. The standard InChI is InChI=1S/C16H18N8O4/c1-9-10(6-18-22(9)2)21-15(26)14-11(7-19-23(14)3)20-13(25)8-24-12(16(27)28)4-5-17-24/h4-7H,8H2,1-3H3,(H,20,25)(H,21,26)(H,27,28). The maximum Gasteiger partial charge on any atom is 0.354 e. The van der Waals surface area contributed by atoms with Crippen molar-refractivity contribution in [3.05, 3.63) is 41.7 Å². The minimum absolute atomic E-state index is 0.119. The average molecular weight is 386 g/mol. The van der Waals surface area contributed by atoms with E-state index >= 15 is 0 Å². The summed E-state index contributed by atoms with van der Waals surface area (Å²) in [5.41, 5.74) is 1.51. The number of nitrogens with zero attached hydrogens (tertiary/aromatic N) is 6. The lowest BCUT2D eigenvalue weighted by Gasteiger charge is -2.09. The van der Waals surface area contributed by atoms with Crippen LogP contribution in [0.1, 0.15) is 26.7 Å². The maximum atomic E-state index is 12.7. The van der Waals surface area contributed by atoms with Crippen LogP contribution in [0, 0.1) is 6.92 Å². The van der Waals surface area contributed by atoms with Crippen LogP contribution in [0.3, 0.4) is 0 Å². The summed E-state index contributed by atoms with van der Waals surface area (Å²) in [4.78, 5) is 36.1. The van der Waals surface area contributed by atoms with Gasteiger partial charge in [-0.15, -0.1) is 0 Å². The quantitative estimate of drug-likeness (QED) is 0.549. The molecule has 3 heterocycles. The summed E-state index contributed by atoms with van der Waals surface area (Å²) in [5.74, 6) is -2.22. The summed E-state index contributed by atoms with van der Waals surface area (Å²) < 4.78 is 3.99. The van der Waals surface area contributed by atoms with E-state index in [-0.39, 0.29) is 23.6 Å². The van der Waals surface area contributed by atoms with E-state index in [0.717, 1.165) is 10.4 Å². The molecule has 28 heavy (non-hydrogen) atoms. The van der Waals surface area contributed by atoms with Crippen molar-refractivity contribution < 1.29 is 19.5 Å². The smallest absolute Gasteiger partial charge is 0.354 e. The molecule has 0 fully saturated rings. The van der Waals surface area contributed by atoms with Gasteiger partial charge in [-0.2, -0.15) is 15.3 Å². The van der Waals surface area contributed by atoms with Crippen molar-refractivity contribution in [2.75, 3.05) is 10.6 Å². The molecule has 3 N–H and O–H groups in total. The molecule has 0 unspecified atom stereocenters. The van der Waals surface area contributed by atoms with Crippen LogP contribution in [-0.2, 0) is 25.4 Å². The first-order valence-electron chi connectivity index (χ1n) is 8.14. The normalized spacial score (nSPS) is 10.7. The topological polar surface area (TPSA) is 149 Å². The number of aromatic carboxylic acids is 1. The molecule has 0 saturated heterocycles. The van der Waals surface area contributed by atoms with Gasteiger partial charge >= 0.3 is 5.97 Å². The lowest BCUT2D eigenvalue weighted by molar-refractivity contribution is -0.116. The Morgan fingerprint density at radius 3 is 2.36 bits per heavy atom. The summed E-state index contributed by atoms with van der Waals surface area (Å²) >= 11 is 0. The summed E-state index contributed by atoms with van der Waals surface area (Å²) in [6.07, 6.45) is 4.15. The Bertz CT molecular complexity index is 1060. The fourth-order valence-electron chi connectivity index (χ4n) is 2.57. The largest absolute Gasteiger partial charge is 0.477 e. The third-order valence-corrected chi connectivity index (χ3v) is 4.14. The summed E-state index contributed by atoms with van der Waals surface area (Å²) in [6.45, 7) is 1.48. The van der Waals surface area contributed by atoms with Crippen LogP contribution < -0.4 is 10.6 Å². The number of hydrogen-bond acceptors (Lipinski definition) is 6. The summed E-state index contributed by atoms with van der Waals surface area (Å²) in [7, 11) is 3.32. The number of anilines is 2. The second-order valence-electron chi connectivity index (χ2n) is 5.98. The molecule has 0 aliphatic heterocycles. The molecule has 0 aliphatic carbocycles. The van der Waals surface area contributed by atoms with E-state index in [1.807, 2.05) is 0 Å². The van der Waals surface area contributed by atoms with Crippen LogP contribution in [-0.4, -0.2) is 52.2 Å². The monoisotopic (exact) mass is 386 g/mol. The highest BCUT2D eigenvalue weighted by molar-refractivity contribution is 6.09. The highest BCUT2D eigenvalue weighted by Gasteiger charge is 2.21. The number of carboxylic acids is 1. The molecule has 0 radical (unpaired) electrons. The van der Waals surface area contributed by atoms with Crippen LogP contribution >= 0.6 is 0 Å². The van der Waals surface area contributed by atoms with Gasteiger partial charge in [0, 0.05) is 20.3 Å². The number of aryl methyl sites for hydroxylation is 2. The number of rotatable bonds is 6. The lowest BCUT2D eigenvalue weighted by Crippen LogP contribution is -2.24. The lowest BCUT2D eigenvalue weighted by atomic mass is 10.3. The van der Waals surface area contributed by atoms with Crippen LogP contribution in [0.4, 0.5) is 11.4 Å². The third-order valence-electron chi connectivity index (χ3n) is 4.14. The number of carbonyl (C=O) groups excluding carboxylic acids is 2. The van der Waals surface area contributed by atoms with Crippen molar-refractivity contribution in [1.29, 1.82) is 0 Å². The van der Waals surface area contributed by atoms with Crippen LogP contribution in [0.25, 0.3) is 0 Å². The molecular weight excluding hydrogens is 368 g/mol. The van der Waals surface area contributed by atoms with Gasteiger partial charge in [-0.05, 0) is 13.0 Å². The summed E-state index contributed by atoms with van der Waals surface area (Å²) in [5, 5.41) is 26.3. The van der Waals surface area contributed by atoms with Crippen molar-refractivity contribution in [2.45, 2.75) is 13.5 Å². The molecule has 0 aromatic carbocycles. The van der Waals surface area contributed by atoms with Crippen molar-refractivity contribution in [3.8, 4) is 0 Å². The predicted octanol–water partition coefficient (Wildman–Crippen LogP) is 0.248. The van der Waals surface area contributed by atoms with Crippen molar-refractivity contribution in [3.63, 3.8) is 0 Å². The second kappa shape index (κ2) is 7.34. The van der Waals surface area contributed by atoms with E-state index in [1.54, 1.807) is 25.7 Å². The molecule has 0 atom stereocenters. The average Bonchev–Trinajstić information content (AvgIpc) is 3.31. The van der Waals surface area contributed by atoms with Gasteiger partial charge in [-0.1, -0.05) is 0 Å². The molecule has 0 spiro atoms. The fraction of sp³-hybridized carbons (Fsp3) is 0.250. The molecule has 3 aromatic rings. The van der Waals surface area contributed by atoms with Crippen LogP contribution in [0.15, 0.2) is 24.7 Å². The van der Waals surface area contributed by atoms with Gasteiger partial charge in [-0.25, -0.2) is 9.48 Å². The molecular formula is C16H18N8O4. The molecule has 0 saturated carbocycles. The second-order valence-corrected chi connectivity index (χ2v) is 5.98. The van der Waals surface area contributed by atoms with Gasteiger partial charge in [0.05, 0.1) is 29.5 Å². The number of hydrogen-bond donors (Lipinski definition) is 3. The number of amides is 2. The van der Waals surface area contributed by atoms with Gasteiger partial charge in [0.1, 0.15) is 17.9 Å². The molecule has 12 nitrogen and oxygen atoms in total. The molecule has 0 bridgehead atoms. The molecule has 146 valence electrons. The fourth-order valence-corrected chi connectivity index (χ4v) is 2.57. The minimum atomic E-state index is -1.20. The third kappa shape index (κ3) is 3.60. The Kier molecular flexibility index (Phi) is 4.94. The van der Waals surface area contributed by atoms with Crippen LogP contribution in [0.2, 0.25) is 0 Å². The Labute approximate surface area is 158 Å². The van der Waals surface area contributed by atoms with Crippen molar-refractivity contribution in [2.24, 2.45) is 14.1 Å². The zero-order valence-electron chi connectivity index (χ0n) is 15.4. The van der Waals surface area contributed by atoms with Gasteiger partial charge in [-0.3, -0.25) is 19.0 Å². The van der Waals surface area contributed by atoms with E-state index in [9.17, 15) is 14.4 Å². The van der Waals surface area contributed by atoms with Crippen molar-refractivity contribution in [1.82, 2.24) is 29.3 Å². The SMILES string of the molecule is Cc1c(NC(=O)c2c(NC(=O)Cn3nccc3C(=O)O)cnn2C)cnn1C. The molecule has 3 aromatic heterocycles. The molecule has 0 aliphatic rings. The van der Waals surface area contributed by atoms with Gasteiger partial charge < -0.3 is 15.7 Å². The van der Waals surface area contributed by atoms with E-state index in [0.29, 0.717) is 5.69 Å². The number of nitrogens with one attached hydrogen (secondary N) is 2. The Balaban J connectivity index is 1.76. The Morgan fingerprint density at radius 2 is 1.71 bits per heavy atom. The van der Waals surface area contributed by atoms with Gasteiger partial charge in [0.25, 0.3) is 5.91 Å². The maximum absolute atomic E-state index is 12.7. The van der Waals surface area contributed by atoms with Crippen LogP contribution in [0.5, 0.6) is 0 Å². The number of aromatic nitrogens is 6. The van der Waals surface area contributed by atoms with E-state index in [1.165, 1.54) is 29.3 Å². The van der Waals surface area contributed by atoms with Gasteiger partial charge in [0.15, 0.2) is 0 Å². The first-order chi connectivity index (χ1) is 13.3. The Morgan fingerprint density at radius 1 is 1.04 bits per heavy atom. The molecule has 12 heteroatoms. The van der Waals surface area contributed by atoms with E-state index in [4.69, 9.17) is 5.11 Å². The van der Waals surface area contributed by atoms with E-state index < -0.39 is 17.8 Å². The first kappa shape index (κ1) is 18.8. The molecule has 2 amide bonds. The zero-order chi connectivity index (χ0) is 20.4. The first-order valence-corrected chi connectivity index (χ1v) is 8.14. The summed E-state index contributed by atoms with van der Waals surface area (Å²) in [6, 6.07) is 1.29. The highest BCUT2D eigenvalue weighted by atomic mass is 16.4. The van der Waals surface area contributed by atoms with Gasteiger partial charge in [0.2, 0.25) is 5.91 Å². The zero-order valence-corrected chi connectivity index (χ0v) is 15.4. The minimum Gasteiger partial charge on any atom is -0.477 e. The van der Waals surface area contributed by atoms with E-state index in [2.05, 4.69) is 25.9 Å².